The van der Waals surface area contributed by atoms with Crippen molar-refractivity contribution in [1.82, 2.24) is 4.98 Å². The minimum Gasteiger partial charge on any atom is -0.506 e. The lowest BCUT2D eigenvalue weighted by atomic mass is 10.1. The summed E-state index contributed by atoms with van der Waals surface area (Å²) in [4.78, 5) is 20.5. The van der Waals surface area contributed by atoms with Gasteiger partial charge in [-0.25, -0.2) is 14.8 Å². The Hall–Kier alpha value is -3.36. The SMILES string of the molecule is Cl.O=c1oc2ccccc2c(O)c1C=Nc1nc(-c2ccc(O)c(O)c2)cs1. The van der Waals surface area contributed by atoms with Gasteiger partial charge in [-0.05, 0) is 30.3 Å². The number of aromatic nitrogens is 1. The quantitative estimate of drug-likeness (QED) is 0.262. The van der Waals surface area contributed by atoms with E-state index in [1.54, 1.807) is 35.7 Å². The molecule has 0 fully saturated rings. The molecule has 0 amide bonds. The number of rotatable bonds is 3. The summed E-state index contributed by atoms with van der Waals surface area (Å²) in [6.07, 6.45) is 1.21. The zero-order valence-corrected chi connectivity index (χ0v) is 15.7. The molecule has 0 spiro atoms. The number of phenolic OH excluding ortho intramolecular Hbond substituents is 2. The average molecular weight is 417 g/mol. The maximum absolute atomic E-state index is 12.1. The fraction of sp³-hybridized carbons (Fsp3) is 0. The number of para-hydroxylation sites is 1. The van der Waals surface area contributed by atoms with Gasteiger partial charge in [0.1, 0.15) is 16.9 Å². The molecular weight excluding hydrogens is 404 g/mol. The lowest BCUT2D eigenvalue weighted by Crippen LogP contribution is -2.06. The van der Waals surface area contributed by atoms with Crippen LogP contribution in [-0.2, 0) is 0 Å². The molecule has 0 saturated heterocycles. The van der Waals surface area contributed by atoms with E-state index in [4.69, 9.17) is 4.42 Å². The van der Waals surface area contributed by atoms with Crippen LogP contribution in [-0.4, -0.2) is 26.5 Å². The molecule has 9 heteroatoms. The molecule has 28 heavy (non-hydrogen) atoms. The molecular formula is C19H13ClN2O5S. The van der Waals surface area contributed by atoms with E-state index in [2.05, 4.69) is 9.98 Å². The van der Waals surface area contributed by atoms with Crippen LogP contribution in [0.2, 0.25) is 0 Å². The van der Waals surface area contributed by atoms with Gasteiger partial charge in [0.05, 0.1) is 11.1 Å². The summed E-state index contributed by atoms with van der Waals surface area (Å²) in [6.45, 7) is 0. The number of thiazole rings is 1. The van der Waals surface area contributed by atoms with E-state index >= 15 is 0 Å². The van der Waals surface area contributed by atoms with Crippen molar-refractivity contribution in [2.75, 3.05) is 0 Å². The third kappa shape index (κ3) is 3.55. The molecule has 2 heterocycles. The molecule has 0 atom stereocenters. The van der Waals surface area contributed by atoms with Crippen LogP contribution in [0, 0.1) is 0 Å². The highest BCUT2D eigenvalue weighted by Crippen LogP contribution is 2.33. The van der Waals surface area contributed by atoms with Gasteiger partial charge in [0, 0.05) is 17.2 Å². The van der Waals surface area contributed by atoms with Crippen LogP contribution in [0.25, 0.3) is 22.2 Å². The second kappa shape index (κ2) is 7.71. The third-order valence-corrected chi connectivity index (χ3v) is 4.64. The van der Waals surface area contributed by atoms with Crippen molar-refractivity contribution in [2.24, 2.45) is 4.99 Å². The molecule has 0 unspecified atom stereocenters. The van der Waals surface area contributed by atoms with E-state index in [0.717, 1.165) is 0 Å². The first-order chi connectivity index (χ1) is 13.0. The van der Waals surface area contributed by atoms with Gasteiger partial charge in [-0.2, -0.15) is 0 Å². The monoisotopic (exact) mass is 416 g/mol. The van der Waals surface area contributed by atoms with Gasteiger partial charge in [0.2, 0.25) is 5.13 Å². The molecule has 0 bridgehead atoms. The highest BCUT2D eigenvalue weighted by molar-refractivity contribution is 7.13. The second-order valence-corrected chi connectivity index (χ2v) is 6.46. The molecule has 4 aromatic rings. The number of hydrogen-bond donors (Lipinski definition) is 3. The lowest BCUT2D eigenvalue weighted by molar-refractivity contribution is 0.404. The first-order valence-corrected chi connectivity index (χ1v) is 8.67. The Morgan fingerprint density at radius 1 is 1.07 bits per heavy atom. The summed E-state index contributed by atoms with van der Waals surface area (Å²) in [5.74, 6) is -0.666. The van der Waals surface area contributed by atoms with Crippen LogP contribution in [0.15, 0.2) is 62.0 Å². The number of benzene rings is 2. The van der Waals surface area contributed by atoms with Crippen LogP contribution in [0.1, 0.15) is 5.56 Å². The van der Waals surface area contributed by atoms with Crippen LogP contribution >= 0.6 is 23.7 Å². The molecule has 2 aromatic heterocycles. The minimum absolute atomic E-state index is 0. The molecule has 2 aromatic carbocycles. The number of aliphatic imine (C=N–C) groups is 1. The summed E-state index contributed by atoms with van der Waals surface area (Å²) >= 11 is 1.22. The highest BCUT2D eigenvalue weighted by Gasteiger charge is 2.12. The van der Waals surface area contributed by atoms with Gasteiger partial charge in [0.15, 0.2) is 11.5 Å². The Morgan fingerprint density at radius 2 is 1.86 bits per heavy atom. The van der Waals surface area contributed by atoms with Crippen molar-refractivity contribution >= 4 is 46.1 Å². The van der Waals surface area contributed by atoms with E-state index in [0.29, 0.717) is 27.4 Å². The summed E-state index contributed by atoms with van der Waals surface area (Å²) in [6, 6.07) is 11.0. The molecule has 142 valence electrons. The van der Waals surface area contributed by atoms with Crippen molar-refractivity contribution in [2.45, 2.75) is 0 Å². The van der Waals surface area contributed by atoms with E-state index in [9.17, 15) is 20.1 Å². The van der Waals surface area contributed by atoms with Gasteiger partial charge >= 0.3 is 5.63 Å². The number of halogens is 1. The number of aromatic hydroxyl groups is 3. The fourth-order valence-corrected chi connectivity index (χ4v) is 3.19. The van der Waals surface area contributed by atoms with Crippen LogP contribution < -0.4 is 5.63 Å². The number of phenols is 2. The Labute approximate surface area is 168 Å². The average Bonchev–Trinajstić information content (AvgIpc) is 3.13. The normalized spacial score (nSPS) is 11.0. The molecule has 0 aliphatic rings. The predicted molar refractivity (Wildman–Crippen MR) is 110 cm³/mol. The molecule has 0 aliphatic heterocycles. The number of hydrogen-bond acceptors (Lipinski definition) is 8. The first-order valence-electron chi connectivity index (χ1n) is 7.79. The van der Waals surface area contributed by atoms with Crippen LogP contribution in [0.4, 0.5) is 5.13 Å². The van der Waals surface area contributed by atoms with Crippen molar-refractivity contribution in [3.8, 4) is 28.5 Å². The molecule has 0 aliphatic carbocycles. The van der Waals surface area contributed by atoms with Crippen LogP contribution in [0.5, 0.6) is 17.2 Å². The van der Waals surface area contributed by atoms with E-state index in [1.165, 1.54) is 29.7 Å². The summed E-state index contributed by atoms with van der Waals surface area (Å²) in [5.41, 5.74) is 0.692. The Kier molecular flexibility index (Phi) is 5.34. The number of nitrogens with zero attached hydrogens (tertiary/aromatic N) is 2. The van der Waals surface area contributed by atoms with E-state index in [1.807, 2.05) is 0 Å². The standard InChI is InChI=1S/C19H12N2O5S.ClH/c22-14-6-5-10(7-15(14)23)13-9-27-19(21-13)20-8-12-17(24)11-3-1-2-4-16(11)26-18(12)25;/h1-9,22-24H;1H. The van der Waals surface area contributed by atoms with Gasteiger partial charge in [-0.15, -0.1) is 23.7 Å². The van der Waals surface area contributed by atoms with Crippen molar-refractivity contribution in [3.05, 3.63) is 63.8 Å². The summed E-state index contributed by atoms with van der Waals surface area (Å²) < 4.78 is 5.19. The van der Waals surface area contributed by atoms with E-state index < -0.39 is 5.63 Å². The van der Waals surface area contributed by atoms with Gasteiger partial charge in [-0.3, -0.25) is 0 Å². The van der Waals surface area contributed by atoms with Crippen LogP contribution in [0.3, 0.4) is 0 Å². The number of fused-ring (bicyclic) bond motifs is 1. The maximum Gasteiger partial charge on any atom is 0.348 e. The predicted octanol–water partition coefficient (Wildman–Crippen LogP) is 4.21. The summed E-state index contributed by atoms with van der Waals surface area (Å²) in [7, 11) is 0. The summed E-state index contributed by atoms with van der Waals surface area (Å²) in [5, 5.41) is 31.8. The molecule has 0 radical (unpaired) electrons. The maximum atomic E-state index is 12.1. The van der Waals surface area contributed by atoms with Crippen molar-refractivity contribution < 1.29 is 19.7 Å². The third-order valence-electron chi connectivity index (χ3n) is 3.89. The molecule has 0 saturated carbocycles. The molecule has 7 nitrogen and oxygen atoms in total. The minimum atomic E-state index is -0.699. The molecule has 3 N–H and O–H groups in total. The smallest absolute Gasteiger partial charge is 0.348 e. The first kappa shape index (κ1) is 19.4. The van der Waals surface area contributed by atoms with Crippen molar-refractivity contribution in [3.63, 3.8) is 0 Å². The van der Waals surface area contributed by atoms with Gasteiger partial charge < -0.3 is 19.7 Å². The fourth-order valence-electron chi connectivity index (χ4n) is 2.52. The molecule has 4 rings (SSSR count). The zero-order chi connectivity index (χ0) is 19.0. The highest BCUT2D eigenvalue weighted by atomic mass is 35.5. The van der Waals surface area contributed by atoms with Gasteiger partial charge in [-0.1, -0.05) is 12.1 Å². The Morgan fingerprint density at radius 3 is 2.64 bits per heavy atom. The van der Waals surface area contributed by atoms with Crippen molar-refractivity contribution in [1.29, 1.82) is 0 Å². The van der Waals surface area contributed by atoms with Gasteiger partial charge in [0.25, 0.3) is 0 Å². The Balaban J connectivity index is 0.00000225. The van der Waals surface area contributed by atoms with E-state index in [-0.39, 0.29) is 35.2 Å². The topological polar surface area (TPSA) is 116 Å². The lowest BCUT2D eigenvalue weighted by Gasteiger charge is -2.01. The largest absolute Gasteiger partial charge is 0.506 e. The Bertz CT molecular complexity index is 1250. The zero-order valence-electron chi connectivity index (χ0n) is 14.1. The second-order valence-electron chi connectivity index (χ2n) is 5.62.